The average molecular weight is 505 g/mol. The van der Waals surface area contributed by atoms with Crippen molar-refractivity contribution in [1.82, 2.24) is 23.9 Å². The largest absolute Gasteiger partial charge is 0.573 e. The molecule has 1 amide bonds. The van der Waals surface area contributed by atoms with E-state index >= 15 is 0 Å². The van der Waals surface area contributed by atoms with Crippen LogP contribution < -0.4 is 15.9 Å². The molecule has 2 aromatic heterocycles. The summed E-state index contributed by atoms with van der Waals surface area (Å²) in [4.78, 5) is 45.9. The molecule has 3 aromatic rings. The highest BCUT2D eigenvalue weighted by molar-refractivity contribution is 5.96. The van der Waals surface area contributed by atoms with Gasteiger partial charge in [-0.2, -0.15) is 0 Å². The van der Waals surface area contributed by atoms with Crippen LogP contribution in [-0.2, 0) is 13.6 Å². The van der Waals surface area contributed by atoms with E-state index in [0.29, 0.717) is 49.2 Å². The number of carbonyl (C=O) groups excluding carboxylic acids is 1. The summed E-state index contributed by atoms with van der Waals surface area (Å²) in [5, 5.41) is 0. The van der Waals surface area contributed by atoms with Crippen molar-refractivity contribution in [3.05, 3.63) is 68.4 Å². The van der Waals surface area contributed by atoms with E-state index in [1.54, 1.807) is 32.3 Å². The second kappa shape index (κ2) is 9.76. The van der Waals surface area contributed by atoms with Gasteiger partial charge < -0.3 is 14.2 Å². The third kappa shape index (κ3) is 5.27. The number of hydrogen-bond acceptors (Lipinski definition) is 6. The van der Waals surface area contributed by atoms with Crippen LogP contribution in [0.1, 0.15) is 34.8 Å². The quantitative estimate of drug-likeness (QED) is 0.495. The van der Waals surface area contributed by atoms with Gasteiger partial charge in [-0.25, -0.2) is 4.98 Å². The molecule has 0 spiro atoms. The van der Waals surface area contributed by atoms with E-state index in [9.17, 15) is 27.6 Å². The molecule has 3 heterocycles. The molecule has 1 aliphatic rings. The Bertz CT molecular complexity index is 1390. The summed E-state index contributed by atoms with van der Waals surface area (Å²) in [6.07, 6.45) is -2.16. The molecule has 36 heavy (non-hydrogen) atoms. The fourth-order valence-electron chi connectivity index (χ4n) is 4.43. The maximum Gasteiger partial charge on any atom is 0.573 e. The highest BCUT2D eigenvalue weighted by Gasteiger charge is 2.31. The van der Waals surface area contributed by atoms with Gasteiger partial charge in [0.1, 0.15) is 5.75 Å². The molecule has 1 aromatic carbocycles. The SMILES string of the molecule is CN(C)C(=O)c1cnc2c(c1)n(C)c(=O)c(=O)n2C1CCN(Cc2ccc(OC(F)(F)F)cc2)CC1. The topological polar surface area (TPSA) is 89.7 Å². The molecule has 1 saturated heterocycles. The van der Waals surface area contributed by atoms with Gasteiger partial charge >= 0.3 is 17.5 Å². The number of carbonyl (C=O) groups is 1. The molecule has 0 saturated carbocycles. The van der Waals surface area contributed by atoms with Crippen LogP contribution in [0.4, 0.5) is 13.2 Å². The van der Waals surface area contributed by atoms with Crippen molar-refractivity contribution < 1.29 is 22.7 Å². The number of alkyl halides is 3. The predicted octanol–water partition coefficient (Wildman–Crippen LogP) is 2.53. The second-order valence-corrected chi connectivity index (χ2v) is 9.00. The molecular weight excluding hydrogens is 479 g/mol. The summed E-state index contributed by atoms with van der Waals surface area (Å²) < 4.78 is 43.6. The third-order valence-electron chi connectivity index (χ3n) is 6.28. The monoisotopic (exact) mass is 505 g/mol. The van der Waals surface area contributed by atoms with Crippen LogP contribution in [0.3, 0.4) is 0 Å². The molecule has 9 nitrogen and oxygen atoms in total. The van der Waals surface area contributed by atoms with Crippen molar-refractivity contribution in [3.63, 3.8) is 0 Å². The fraction of sp³-hybridized carbons (Fsp3) is 0.417. The Kier molecular flexibility index (Phi) is 6.90. The number of nitrogens with zero attached hydrogens (tertiary/aromatic N) is 5. The van der Waals surface area contributed by atoms with Crippen molar-refractivity contribution in [3.8, 4) is 5.75 Å². The normalized spacial score (nSPS) is 15.3. The van der Waals surface area contributed by atoms with Crippen LogP contribution in [0.15, 0.2) is 46.1 Å². The van der Waals surface area contributed by atoms with Crippen molar-refractivity contribution in [2.24, 2.45) is 7.05 Å². The number of rotatable bonds is 5. The smallest absolute Gasteiger partial charge is 0.406 e. The standard InChI is InChI=1S/C24H26F3N5O4/c1-29(2)21(33)16-12-19-20(28-13-16)32(23(35)22(34)30(19)3)17-8-10-31(11-9-17)14-15-4-6-18(7-5-15)36-24(25,26)27/h4-7,12-13,17H,8-11,14H2,1-3H3. The Morgan fingerprint density at radius 2 is 1.75 bits per heavy atom. The summed E-state index contributed by atoms with van der Waals surface area (Å²) in [6.45, 7) is 1.76. The number of hydrogen-bond donors (Lipinski definition) is 0. The lowest BCUT2D eigenvalue weighted by atomic mass is 10.0. The molecule has 1 aliphatic heterocycles. The minimum atomic E-state index is -4.73. The lowest BCUT2D eigenvalue weighted by Gasteiger charge is -2.33. The van der Waals surface area contributed by atoms with E-state index in [1.165, 1.54) is 39.4 Å². The first kappa shape index (κ1) is 25.4. The molecule has 12 heteroatoms. The number of ether oxygens (including phenoxy) is 1. The number of aryl methyl sites for hydroxylation is 1. The van der Waals surface area contributed by atoms with Gasteiger partial charge in [-0.3, -0.25) is 23.9 Å². The number of benzene rings is 1. The van der Waals surface area contributed by atoms with Gasteiger partial charge in [-0.1, -0.05) is 12.1 Å². The molecule has 1 fully saturated rings. The Morgan fingerprint density at radius 3 is 2.33 bits per heavy atom. The van der Waals surface area contributed by atoms with Crippen LogP contribution in [0.2, 0.25) is 0 Å². The van der Waals surface area contributed by atoms with E-state index in [-0.39, 0.29) is 17.7 Å². The summed E-state index contributed by atoms with van der Waals surface area (Å²) >= 11 is 0. The molecule has 0 aliphatic carbocycles. The maximum atomic E-state index is 12.9. The van der Waals surface area contributed by atoms with Gasteiger partial charge in [0.15, 0.2) is 5.65 Å². The van der Waals surface area contributed by atoms with E-state index in [0.717, 1.165) is 5.56 Å². The molecule has 0 radical (unpaired) electrons. The maximum absolute atomic E-state index is 12.9. The molecule has 4 rings (SSSR count). The first-order chi connectivity index (χ1) is 16.9. The predicted molar refractivity (Wildman–Crippen MR) is 126 cm³/mol. The van der Waals surface area contributed by atoms with Crippen molar-refractivity contribution in [2.75, 3.05) is 27.2 Å². The summed E-state index contributed by atoms with van der Waals surface area (Å²) in [6, 6.07) is 7.05. The highest BCUT2D eigenvalue weighted by Crippen LogP contribution is 2.26. The van der Waals surface area contributed by atoms with Gasteiger partial charge in [0.05, 0.1) is 11.1 Å². The Morgan fingerprint density at radius 1 is 1.11 bits per heavy atom. The first-order valence-corrected chi connectivity index (χ1v) is 11.3. The first-order valence-electron chi connectivity index (χ1n) is 11.3. The van der Waals surface area contributed by atoms with Gasteiger partial charge in [-0.05, 0) is 36.6 Å². The van der Waals surface area contributed by atoms with Crippen LogP contribution >= 0.6 is 0 Å². The Hall–Kier alpha value is -3.67. The molecule has 192 valence electrons. The summed E-state index contributed by atoms with van der Waals surface area (Å²) in [5.74, 6) is -0.536. The lowest BCUT2D eigenvalue weighted by molar-refractivity contribution is -0.274. The molecular formula is C24H26F3N5O4. The Balaban J connectivity index is 1.52. The third-order valence-corrected chi connectivity index (χ3v) is 6.28. The van der Waals surface area contributed by atoms with Crippen LogP contribution in [-0.4, -0.2) is 63.4 Å². The number of halogens is 3. The molecule has 0 atom stereocenters. The number of aromatic nitrogens is 3. The van der Waals surface area contributed by atoms with E-state index in [2.05, 4.69) is 14.6 Å². The molecule has 0 bridgehead atoms. The van der Waals surface area contributed by atoms with Crippen LogP contribution in [0, 0.1) is 0 Å². The highest BCUT2D eigenvalue weighted by atomic mass is 19.4. The Labute approximate surface area is 204 Å². The minimum absolute atomic E-state index is 0.254. The number of fused-ring (bicyclic) bond motifs is 1. The second-order valence-electron chi connectivity index (χ2n) is 9.00. The van der Waals surface area contributed by atoms with Crippen LogP contribution in [0.25, 0.3) is 11.2 Å². The van der Waals surface area contributed by atoms with Crippen molar-refractivity contribution in [2.45, 2.75) is 31.8 Å². The summed E-state index contributed by atoms with van der Waals surface area (Å²) in [7, 11) is 4.71. The number of likely N-dealkylation sites (tertiary alicyclic amines) is 1. The summed E-state index contributed by atoms with van der Waals surface area (Å²) in [5.41, 5.74) is 0.533. The van der Waals surface area contributed by atoms with E-state index in [1.807, 2.05) is 0 Å². The zero-order valence-corrected chi connectivity index (χ0v) is 20.1. The lowest BCUT2D eigenvalue weighted by Crippen LogP contribution is -2.45. The number of piperidine rings is 1. The van der Waals surface area contributed by atoms with Crippen molar-refractivity contribution in [1.29, 1.82) is 0 Å². The average Bonchev–Trinajstić information content (AvgIpc) is 2.83. The zero-order valence-electron chi connectivity index (χ0n) is 20.1. The fourth-order valence-corrected chi connectivity index (χ4v) is 4.43. The van der Waals surface area contributed by atoms with Crippen LogP contribution in [0.5, 0.6) is 5.75 Å². The van der Waals surface area contributed by atoms with Gasteiger partial charge in [0, 0.05) is 53.0 Å². The number of pyridine rings is 1. The van der Waals surface area contributed by atoms with Gasteiger partial charge in [-0.15, -0.1) is 13.2 Å². The minimum Gasteiger partial charge on any atom is -0.406 e. The number of amides is 1. The molecule has 0 N–H and O–H groups in total. The van der Waals surface area contributed by atoms with Gasteiger partial charge in [0.2, 0.25) is 0 Å². The zero-order chi connectivity index (χ0) is 26.2. The van der Waals surface area contributed by atoms with Gasteiger partial charge in [0.25, 0.3) is 5.91 Å². The molecule has 0 unspecified atom stereocenters. The van der Waals surface area contributed by atoms with Crippen molar-refractivity contribution >= 4 is 17.1 Å². The van der Waals surface area contributed by atoms with E-state index in [4.69, 9.17) is 0 Å². The van der Waals surface area contributed by atoms with E-state index < -0.39 is 17.5 Å².